The van der Waals surface area contributed by atoms with E-state index >= 15 is 0 Å². The Kier molecular flexibility index (Phi) is 5.89. The molecule has 2 fully saturated rings. The van der Waals surface area contributed by atoms with Crippen LogP contribution < -0.4 is 0 Å². The SMILES string of the molecule is CCOC(=O)[C@@H]1CCCN(S(=O)(=O)N2CCC(c3nc4ccccc4[nH]3)CC2)C1. The van der Waals surface area contributed by atoms with Crippen LogP contribution >= 0.6 is 0 Å². The van der Waals surface area contributed by atoms with Crippen molar-refractivity contribution in [3.05, 3.63) is 30.1 Å². The van der Waals surface area contributed by atoms with E-state index in [2.05, 4.69) is 9.97 Å². The van der Waals surface area contributed by atoms with Gasteiger partial charge in [-0.1, -0.05) is 12.1 Å². The molecule has 0 aliphatic carbocycles. The summed E-state index contributed by atoms with van der Waals surface area (Å²) in [4.78, 5) is 20.1. The molecule has 1 atom stereocenters. The van der Waals surface area contributed by atoms with E-state index < -0.39 is 10.2 Å². The minimum atomic E-state index is -3.57. The zero-order chi connectivity index (χ0) is 20.4. The van der Waals surface area contributed by atoms with E-state index in [9.17, 15) is 13.2 Å². The Morgan fingerprint density at radius 1 is 1.17 bits per heavy atom. The van der Waals surface area contributed by atoms with Gasteiger partial charge < -0.3 is 9.72 Å². The topological polar surface area (TPSA) is 95.6 Å². The molecule has 2 aromatic rings. The lowest BCUT2D eigenvalue weighted by Gasteiger charge is -2.37. The fourth-order valence-electron chi connectivity index (χ4n) is 4.29. The van der Waals surface area contributed by atoms with Crippen LogP contribution in [0.15, 0.2) is 24.3 Å². The number of esters is 1. The molecule has 9 heteroatoms. The number of hydrogen-bond donors (Lipinski definition) is 1. The molecule has 29 heavy (non-hydrogen) atoms. The normalized spacial score (nSPS) is 22.7. The fourth-order valence-corrected chi connectivity index (χ4v) is 6.02. The monoisotopic (exact) mass is 420 g/mol. The zero-order valence-electron chi connectivity index (χ0n) is 16.7. The second kappa shape index (κ2) is 8.41. The summed E-state index contributed by atoms with van der Waals surface area (Å²) in [6.45, 7) is 3.68. The van der Waals surface area contributed by atoms with Crippen LogP contribution in [-0.4, -0.2) is 65.8 Å². The number of carbonyl (C=O) groups excluding carboxylic acids is 1. The van der Waals surface area contributed by atoms with Crippen molar-refractivity contribution in [2.45, 2.75) is 38.5 Å². The first kappa shape index (κ1) is 20.3. The lowest BCUT2D eigenvalue weighted by molar-refractivity contribution is -0.149. The van der Waals surface area contributed by atoms with Crippen LogP contribution in [0.4, 0.5) is 0 Å². The van der Waals surface area contributed by atoms with Crippen LogP contribution in [-0.2, 0) is 19.7 Å². The Balaban J connectivity index is 1.39. The number of aromatic nitrogens is 2. The van der Waals surface area contributed by atoms with E-state index in [1.165, 1.54) is 4.31 Å². The molecule has 1 aromatic carbocycles. The number of ether oxygens (including phenoxy) is 1. The number of fused-ring (bicyclic) bond motifs is 1. The summed E-state index contributed by atoms with van der Waals surface area (Å²) in [5.41, 5.74) is 1.95. The van der Waals surface area contributed by atoms with Crippen LogP contribution in [0.25, 0.3) is 11.0 Å². The van der Waals surface area contributed by atoms with Gasteiger partial charge in [-0.05, 0) is 44.7 Å². The number of rotatable bonds is 5. The molecule has 158 valence electrons. The number of H-pyrrole nitrogens is 1. The summed E-state index contributed by atoms with van der Waals surface area (Å²) in [5.74, 6) is 0.494. The molecule has 0 saturated carbocycles. The summed E-state index contributed by atoms with van der Waals surface area (Å²) < 4.78 is 34.4. The maximum Gasteiger partial charge on any atom is 0.310 e. The third kappa shape index (κ3) is 4.17. The quantitative estimate of drug-likeness (QED) is 0.749. The van der Waals surface area contributed by atoms with Gasteiger partial charge in [0.1, 0.15) is 5.82 Å². The number of aromatic amines is 1. The molecule has 2 aliphatic heterocycles. The molecular weight excluding hydrogens is 392 g/mol. The Labute approximate surface area is 171 Å². The van der Waals surface area contributed by atoms with E-state index in [1.54, 1.807) is 11.2 Å². The van der Waals surface area contributed by atoms with Gasteiger partial charge in [0, 0.05) is 32.1 Å². The number of nitrogens with zero attached hydrogens (tertiary/aromatic N) is 3. The van der Waals surface area contributed by atoms with Crippen molar-refractivity contribution >= 4 is 27.2 Å². The molecule has 2 saturated heterocycles. The molecule has 1 aromatic heterocycles. The number of carbonyl (C=O) groups is 1. The molecule has 2 aliphatic rings. The Morgan fingerprint density at radius 3 is 2.66 bits per heavy atom. The summed E-state index contributed by atoms with van der Waals surface area (Å²) in [7, 11) is -3.57. The van der Waals surface area contributed by atoms with Gasteiger partial charge in [0.2, 0.25) is 0 Å². The van der Waals surface area contributed by atoms with Crippen molar-refractivity contribution in [1.29, 1.82) is 0 Å². The van der Waals surface area contributed by atoms with Crippen molar-refractivity contribution in [1.82, 2.24) is 18.6 Å². The second-order valence-electron chi connectivity index (χ2n) is 7.77. The standard InChI is InChI=1S/C20H28N4O4S/c1-2-28-20(25)16-6-5-11-24(14-16)29(26,27)23-12-9-15(10-13-23)19-21-17-7-3-4-8-18(17)22-19/h3-4,7-8,15-16H,2,5-6,9-14H2,1H3,(H,21,22)/t16-/m1/s1. The summed E-state index contributed by atoms with van der Waals surface area (Å²) >= 11 is 0. The molecular formula is C20H28N4O4S. The summed E-state index contributed by atoms with van der Waals surface area (Å²) in [5, 5.41) is 0. The lowest BCUT2D eigenvalue weighted by Crippen LogP contribution is -2.51. The van der Waals surface area contributed by atoms with E-state index in [1.807, 2.05) is 24.3 Å². The molecule has 3 heterocycles. The van der Waals surface area contributed by atoms with Crippen LogP contribution in [0.5, 0.6) is 0 Å². The first-order chi connectivity index (χ1) is 14.0. The first-order valence-corrected chi connectivity index (χ1v) is 11.7. The van der Waals surface area contributed by atoms with Crippen molar-refractivity contribution in [2.75, 3.05) is 32.8 Å². The summed E-state index contributed by atoms with van der Waals surface area (Å²) in [6, 6.07) is 7.92. The van der Waals surface area contributed by atoms with Crippen LogP contribution in [0, 0.1) is 5.92 Å². The molecule has 0 amide bonds. The highest BCUT2D eigenvalue weighted by atomic mass is 32.2. The highest BCUT2D eigenvalue weighted by molar-refractivity contribution is 7.86. The van der Waals surface area contributed by atoms with Gasteiger partial charge in [0.05, 0.1) is 23.6 Å². The Hall–Kier alpha value is -1.97. The van der Waals surface area contributed by atoms with Crippen molar-refractivity contribution in [3.63, 3.8) is 0 Å². The Morgan fingerprint density at radius 2 is 1.93 bits per heavy atom. The van der Waals surface area contributed by atoms with Gasteiger partial charge in [-0.3, -0.25) is 4.79 Å². The average Bonchev–Trinajstić information content (AvgIpc) is 3.18. The van der Waals surface area contributed by atoms with Gasteiger partial charge in [0.25, 0.3) is 10.2 Å². The molecule has 0 unspecified atom stereocenters. The predicted octanol–water partition coefficient (Wildman–Crippen LogP) is 2.26. The van der Waals surface area contributed by atoms with Gasteiger partial charge in [-0.25, -0.2) is 4.98 Å². The lowest BCUT2D eigenvalue weighted by atomic mass is 9.97. The molecule has 0 bridgehead atoms. The predicted molar refractivity (Wildman–Crippen MR) is 109 cm³/mol. The van der Waals surface area contributed by atoms with Gasteiger partial charge in [-0.15, -0.1) is 0 Å². The van der Waals surface area contributed by atoms with Gasteiger partial charge >= 0.3 is 5.97 Å². The second-order valence-corrected chi connectivity index (χ2v) is 9.70. The van der Waals surface area contributed by atoms with E-state index in [0.29, 0.717) is 39.1 Å². The Bertz CT molecular complexity index is 933. The first-order valence-electron chi connectivity index (χ1n) is 10.4. The largest absolute Gasteiger partial charge is 0.466 e. The van der Waals surface area contributed by atoms with E-state index in [0.717, 1.165) is 29.7 Å². The van der Waals surface area contributed by atoms with Crippen LogP contribution in [0.2, 0.25) is 0 Å². The van der Waals surface area contributed by atoms with Crippen molar-refractivity contribution in [3.8, 4) is 0 Å². The number of hydrogen-bond acceptors (Lipinski definition) is 5. The number of piperidine rings is 2. The third-order valence-electron chi connectivity index (χ3n) is 5.90. The number of nitrogens with one attached hydrogen (secondary N) is 1. The summed E-state index contributed by atoms with van der Waals surface area (Å²) in [6.07, 6.45) is 2.82. The average molecular weight is 421 g/mol. The van der Waals surface area contributed by atoms with E-state index in [4.69, 9.17) is 4.74 Å². The van der Waals surface area contributed by atoms with E-state index in [-0.39, 0.29) is 24.3 Å². The number of para-hydroxylation sites is 2. The van der Waals surface area contributed by atoms with Gasteiger partial charge in [-0.2, -0.15) is 17.0 Å². The third-order valence-corrected chi connectivity index (χ3v) is 7.91. The highest BCUT2D eigenvalue weighted by Gasteiger charge is 2.38. The van der Waals surface area contributed by atoms with Gasteiger partial charge in [0.15, 0.2) is 0 Å². The van der Waals surface area contributed by atoms with Crippen LogP contribution in [0.1, 0.15) is 44.3 Å². The molecule has 4 rings (SSSR count). The maximum absolute atomic E-state index is 13.1. The minimum absolute atomic E-state index is 0.213. The number of benzene rings is 1. The smallest absolute Gasteiger partial charge is 0.310 e. The van der Waals surface area contributed by atoms with Crippen molar-refractivity contribution < 1.29 is 17.9 Å². The molecule has 0 spiro atoms. The maximum atomic E-state index is 13.1. The highest BCUT2D eigenvalue weighted by Crippen LogP contribution is 2.30. The minimum Gasteiger partial charge on any atom is -0.466 e. The fraction of sp³-hybridized carbons (Fsp3) is 0.600. The molecule has 0 radical (unpaired) electrons. The van der Waals surface area contributed by atoms with Crippen LogP contribution in [0.3, 0.4) is 0 Å². The zero-order valence-corrected chi connectivity index (χ0v) is 17.5. The molecule has 8 nitrogen and oxygen atoms in total. The van der Waals surface area contributed by atoms with Crippen molar-refractivity contribution in [2.24, 2.45) is 5.92 Å². The number of imidazole rings is 1. The molecule has 1 N–H and O–H groups in total.